The second-order valence-corrected chi connectivity index (χ2v) is 4.90. The highest BCUT2D eigenvalue weighted by Gasteiger charge is 2.17. The van der Waals surface area contributed by atoms with Crippen molar-refractivity contribution in [3.63, 3.8) is 0 Å². The number of benzene rings is 2. The zero-order valence-electron chi connectivity index (χ0n) is 9.61. The number of methoxy groups -OCH3 is 1. The van der Waals surface area contributed by atoms with Gasteiger partial charge in [-0.1, -0.05) is 12.1 Å². The summed E-state index contributed by atoms with van der Waals surface area (Å²) < 4.78 is 19.6. The molecule has 0 bridgehead atoms. The fourth-order valence-corrected chi connectivity index (χ4v) is 2.14. The molecule has 2 nitrogen and oxygen atoms in total. The van der Waals surface area contributed by atoms with E-state index >= 15 is 0 Å². The van der Waals surface area contributed by atoms with Gasteiger partial charge in [-0.05, 0) is 52.9 Å². The predicted molar refractivity (Wildman–Crippen MR) is 75.5 cm³/mol. The van der Waals surface area contributed by atoms with Crippen molar-refractivity contribution in [1.29, 1.82) is 0 Å². The van der Waals surface area contributed by atoms with E-state index in [0.29, 0.717) is 11.3 Å². The van der Waals surface area contributed by atoms with Crippen LogP contribution >= 0.6 is 22.6 Å². The topological polar surface area (TPSA) is 26.3 Å². The highest BCUT2D eigenvalue weighted by Crippen LogP contribution is 2.24. The third kappa shape index (κ3) is 2.53. The Balaban J connectivity index is 2.52. The van der Waals surface area contributed by atoms with E-state index in [0.717, 1.165) is 3.57 Å². The summed E-state index contributed by atoms with van der Waals surface area (Å²) in [5, 5.41) is 0. The largest absolute Gasteiger partial charge is 0.496 e. The fourth-order valence-electron chi connectivity index (χ4n) is 1.65. The van der Waals surface area contributed by atoms with Gasteiger partial charge >= 0.3 is 0 Å². The van der Waals surface area contributed by atoms with Crippen LogP contribution in [0.2, 0.25) is 0 Å². The van der Waals surface area contributed by atoms with Gasteiger partial charge in [-0.2, -0.15) is 0 Å². The number of halogens is 2. The average molecular weight is 356 g/mol. The first-order valence-electron chi connectivity index (χ1n) is 5.26. The lowest BCUT2D eigenvalue weighted by molar-refractivity contribution is 0.103. The molecule has 0 aliphatic rings. The van der Waals surface area contributed by atoms with Gasteiger partial charge in [0.1, 0.15) is 11.6 Å². The van der Waals surface area contributed by atoms with Crippen LogP contribution in [0.15, 0.2) is 42.5 Å². The number of carbonyl (C=O) groups is 1. The number of ketones is 1. The fraction of sp³-hybridized carbons (Fsp3) is 0.0714. The highest BCUT2D eigenvalue weighted by molar-refractivity contribution is 14.1. The summed E-state index contributed by atoms with van der Waals surface area (Å²) in [6.07, 6.45) is 0. The summed E-state index contributed by atoms with van der Waals surface area (Å²) in [6.45, 7) is 0. The van der Waals surface area contributed by atoms with Crippen molar-refractivity contribution in [2.45, 2.75) is 0 Å². The number of hydrogen-bond acceptors (Lipinski definition) is 2. The molecular weight excluding hydrogens is 346 g/mol. The number of carbonyl (C=O) groups excluding carboxylic acids is 1. The summed E-state index contributed by atoms with van der Waals surface area (Å²) >= 11 is 2.10. The van der Waals surface area contributed by atoms with Gasteiger partial charge in [0.15, 0.2) is 5.78 Å². The van der Waals surface area contributed by atoms with Gasteiger partial charge in [0.2, 0.25) is 0 Å². The maximum Gasteiger partial charge on any atom is 0.199 e. The first kappa shape index (κ1) is 13.0. The molecule has 0 spiro atoms. The monoisotopic (exact) mass is 356 g/mol. The maximum absolute atomic E-state index is 13.6. The van der Waals surface area contributed by atoms with Gasteiger partial charge < -0.3 is 4.74 Å². The molecule has 0 atom stereocenters. The van der Waals surface area contributed by atoms with Crippen LogP contribution in [0.5, 0.6) is 5.75 Å². The molecule has 4 heteroatoms. The van der Waals surface area contributed by atoms with Gasteiger partial charge in [-0.3, -0.25) is 4.79 Å². The minimum absolute atomic E-state index is 0.0535. The Bertz CT molecular complexity index is 596. The summed E-state index contributed by atoms with van der Waals surface area (Å²) in [6, 6.07) is 11.2. The van der Waals surface area contributed by atoms with Gasteiger partial charge in [-0.25, -0.2) is 4.39 Å². The molecule has 0 amide bonds. The lowest BCUT2D eigenvalue weighted by atomic mass is 10.0. The van der Waals surface area contributed by atoms with E-state index in [1.807, 2.05) is 6.07 Å². The summed E-state index contributed by atoms with van der Waals surface area (Å²) in [7, 11) is 1.49. The molecule has 0 aromatic heterocycles. The van der Waals surface area contributed by atoms with Crippen LogP contribution in [0.1, 0.15) is 15.9 Å². The standard InChI is InChI=1S/C14H10FIO2/c1-18-13-7-6-9(16)8-11(13)14(17)10-4-2-3-5-12(10)15/h2-8H,1H3. The van der Waals surface area contributed by atoms with Crippen molar-refractivity contribution in [3.8, 4) is 5.75 Å². The van der Waals surface area contributed by atoms with Crippen molar-refractivity contribution < 1.29 is 13.9 Å². The molecule has 92 valence electrons. The Labute approximate surface area is 118 Å². The zero-order chi connectivity index (χ0) is 13.1. The Hall–Kier alpha value is -1.43. The molecule has 2 aromatic carbocycles. The molecule has 0 saturated carbocycles. The van der Waals surface area contributed by atoms with E-state index in [9.17, 15) is 9.18 Å². The predicted octanol–water partition coefficient (Wildman–Crippen LogP) is 3.67. The molecule has 0 heterocycles. The van der Waals surface area contributed by atoms with Crippen molar-refractivity contribution in [2.75, 3.05) is 7.11 Å². The van der Waals surface area contributed by atoms with E-state index in [1.54, 1.807) is 24.3 Å². The molecule has 0 unspecified atom stereocenters. The summed E-state index contributed by atoms with van der Waals surface area (Å²) in [4.78, 5) is 12.3. The Morgan fingerprint density at radius 3 is 2.56 bits per heavy atom. The quantitative estimate of drug-likeness (QED) is 0.620. The van der Waals surface area contributed by atoms with E-state index in [2.05, 4.69) is 22.6 Å². The van der Waals surface area contributed by atoms with Crippen LogP contribution in [-0.4, -0.2) is 12.9 Å². The number of rotatable bonds is 3. The van der Waals surface area contributed by atoms with E-state index in [-0.39, 0.29) is 11.3 Å². The Morgan fingerprint density at radius 2 is 1.89 bits per heavy atom. The first-order chi connectivity index (χ1) is 8.63. The molecule has 0 radical (unpaired) electrons. The van der Waals surface area contributed by atoms with Crippen LogP contribution in [-0.2, 0) is 0 Å². The van der Waals surface area contributed by atoms with Gasteiger partial charge in [0.05, 0.1) is 18.2 Å². The van der Waals surface area contributed by atoms with Gasteiger partial charge in [-0.15, -0.1) is 0 Å². The minimum atomic E-state index is -0.525. The third-order valence-corrected chi connectivity index (χ3v) is 3.20. The number of hydrogen-bond donors (Lipinski definition) is 0. The Morgan fingerprint density at radius 1 is 1.17 bits per heavy atom. The average Bonchev–Trinajstić information content (AvgIpc) is 2.38. The zero-order valence-corrected chi connectivity index (χ0v) is 11.8. The van der Waals surface area contributed by atoms with Crippen molar-refractivity contribution in [1.82, 2.24) is 0 Å². The van der Waals surface area contributed by atoms with Crippen LogP contribution in [0.25, 0.3) is 0 Å². The lowest BCUT2D eigenvalue weighted by Crippen LogP contribution is -2.06. The second-order valence-electron chi connectivity index (χ2n) is 3.65. The number of ether oxygens (including phenoxy) is 1. The van der Waals surface area contributed by atoms with Crippen LogP contribution in [0.4, 0.5) is 4.39 Å². The molecule has 18 heavy (non-hydrogen) atoms. The van der Waals surface area contributed by atoms with Crippen molar-refractivity contribution in [3.05, 3.63) is 63.0 Å². The van der Waals surface area contributed by atoms with Crippen molar-refractivity contribution in [2.24, 2.45) is 0 Å². The first-order valence-corrected chi connectivity index (χ1v) is 6.34. The smallest absolute Gasteiger partial charge is 0.199 e. The minimum Gasteiger partial charge on any atom is -0.496 e. The van der Waals surface area contributed by atoms with Crippen LogP contribution in [0, 0.1) is 9.39 Å². The van der Waals surface area contributed by atoms with Gasteiger partial charge in [0, 0.05) is 3.57 Å². The molecule has 2 aromatic rings. The Kier molecular flexibility index (Phi) is 3.96. The normalized spacial score (nSPS) is 10.2. The lowest BCUT2D eigenvalue weighted by Gasteiger charge is -2.08. The maximum atomic E-state index is 13.6. The van der Waals surface area contributed by atoms with Crippen molar-refractivity contribution >= 4 is 28.4 Å². The van der Waals surface area contributed by atoms with E-state index in [4.69, 9.17) is 4.74 Å². The summed E-state index contributed by atoms with van der Waals surface area (Å²) in [5.41, 5.74) is 0.423. The second kappa shape index (κ2) is 5.48. The van der Waals surface area contributed by atoms with E-state index in [1.165, 1.54) is 19.2 Å². The molecule has 2 rings (SSSR count). The molecule has 0 N–H and O–H groups in total. The molecule has 0 saturated heterocycles. The van der Waals surface area contributed by atoms with Gasteiger partial charge in [0.25, 0.3) is 0 Å². The van der Waals surface area contributed by atoms with E-state index < -0.39 is 5.82 Å². The van der Waals surface area contributed by atoms with Crippen LogP contribution in [0.3, 0.4) is 0 Å². The SMILES string of the molecule is COc1ccc(I)cc1C(=O)c1ccccc1F. The molecular formula is C14H10FIO2. The molecule has 0 fully saturated rings. The molecule has 0 aliphatic heterocycles. The summed E-state index contributed by atoms with van der Waals surface area (Å²) in [5.74, 6) is -0.449. The molecule has 0 aliphatic carbocycles. The third-order valence-electron chi connectivity index (χ3n) is 2.52. The van der Waals surface area contributed by atoms with Crippen LogP contribution < -0.4 is 4.74 Å². The highest BCUT2D eigenvalue weighted by atomic mass is 127.